The third-order valence-corrected chi connectivity index (χ3v) is 6.94. The first kappa shape index (κ1) is 21.1. The Balaban J connectivity index is 1.83. The number of Topliss-reactive ketones (excluding diaryl/α,β-unsaturated/α-hetero) is 2. The molecule has 2 aromatic rings. The monoisotopic (exact) mass is 419 g/mol. The summed E-state index contributed by atoms with van der Waals surface area (Å²) in [5.41, 5.74) is 0.222. The van der Waals surface area contributed by atoms with Crippen LogP contribution in [0.5, 0.6) is 5.75 Å². The second-order valence-corrected chi connectivity index (χ2v) is 9.45. The van der Waals surface area contributed by atoms with Gasteiger partial charge in [-0.25, -0.2) is 8.57 Å². The minimum absolute atomic E-state index is 0.171. The summed E-state index contributed by atoms with van der Waals surface area (Å²) in [7, 11) is -1.35. The lowest BCUT2D eigenvalue weighted by molar-refractivity contribution is -0.145. The Bertz CT molecular complexity index is 1070. The second-order valence-electron chi connectivity index (χ2n) is 7.04. The number of para-hydroxylation sites is 1. The molecule has 0 bridgehead atoms. The topological polar surface area (TPSA) is 121 Å². The number of carbonyl (C=O) groups excluding carboxylic acids is 2. The summed E-state index contributed by atoms with van der Waals surface area (Å²) in [6.07, 6.45) is 2.08. The zero-order valence-electron chi connectivity index (χ0n) is 16.8. The predicted molar refractivity (Wildman–Crippen MR) is 110 cm³/mol. The van der Waals surface area contributed by atoms with Crippen molar-refractivity contribution in [1.29, 1.82) is 0 Å². The average Bonchev–Trinajstić information content (AvgIpc) is 3.14. The third-order valence-electron chi connectivity index (χ3n) is 5.10. The number of aryl methyl sites for hydroxylation is 1. The highest BCUT2D eigenvalue weighted by Crippen LogP contribution is 2.34. The number of phenols is 1. The Hall–Kier alpha value is -2.65. The van der Waals surface area contributed by atoms with Crippen molar-refractivity contribution in [3.05, 3.63) is 41.9 Å². The molecule has 1 aromatic heterocycles. The molecule has 0 amide bonds. The first-order valence-corrected chi connectivity index (χ1v) is 11.2. The Kier molecular flexibility index (Phi) is 5.81. The van der Waals surface area contributed by atoms with Gasteiger partial charge in [0.25, 0.3) is 0 Å². The van der Waals surface area contributed by atoms with Crippen molar-refractivity contribution in [2.45, 2.75) is 43.3 Å². The molecule has 9 heteroatoms. The van der Waals surface area contributed by atoms with Gasteiger partial charge in [0, 0.05) is 13.3 Å². The molecular weight excluding hydrogens is 394 g/mol. The summed E-state index contributed by atoms with van der Waals surface area (Å²) in [5.74, 6) is 0.108. The lowest BCUT2D eigenvalue weighted by Gasteiger charge is -2.37. The van der Waals surface area contributed by atoms with E-state index in [2.05, 4.69) is 15.0 Å². The molecule has 3 unspecified atom stereocenters. The van der Waals surface area contributed by atoms with Crippen molar-refractivity contribution in [2.24, 2.45) is 4.36 Å². The molecule has 1 aliphatic rings. The number of carbonyl (C=O) groups is 2. The maximum atomic E-state index is 12.5. The van der Waals surface area contributed by atoms with E-state index in [0.717, 1.165) is 5.76 Å². The number of benzene rings is 1. The van der Waals surface area contributed by atoms with E-state index in [9.17, 15) is 18.9 Å². The number of hydrogen-bond acceptors (Lipinski definition) is 8. The van der Waals surface area contributed by atoms with Crippen LogP contribution in [0.1, 0.15) is 30.9 Å². The van der Waals surface area contributed by atoms with Crippen LogP contribution in [0.3, 0.4) is 0 Å². The zero-order valence-corrected chi connectivity index (χ0v) is 17.6. The van der Waals surface area contributed by atoms with Crippen molar-refractivity contribution in [1.82, 2.24) is 5.32 Å². The van der Waals surface area contributed by atoms with Crippen molar-refractivity contribution < 1.29 is 23.3 Å². The van der Waals surface area contributed by atoms with Crippen LogP contribution in [0, 0.1) is 6.92 Å². The lowest BCUT2D eigenvalue weighted by Crippen LogP contribution is -2.67. The third kappa shape index (κ3) is 3.92. The number of hydrogen-bond donors (Lipinski definition) is 3. The van der Waals surface area contributed by atoms with Crippen LogP contribution in [-0.2, 0) is 19.3 Å². The number of phenolic OH excluding ortho intramolecular Hbond substituents is 1. The fourth-order valence-electron chi connectivity index (χ4n) is 3.30. The molecule has 4 atom stereocenters. The van der Waals surface area contributed by atoms with Crippen LogP contribution in [0.15, 0.2) is 44.0 Å². The van der Waals surface area contributed by atoms with Gasteiger partial charge in [-0.15, -0.1) is 0 Å². The minimum Gasteiger partial charge on any atom is -0.505 e. The van der Waals surface area contributed by atoms with Crippen LogP contribution in [0.4, 0.5) is 5.69 Å². The van der Waals surface area contributed by atoms with E-state index in [4.69, 9.17) is 4.42 Å². The molecular formula is C20H25N3O5S. The van der Waals surface area contributed by atoms with Gasteiger partial charge in [0.05, 0.1) is 26.4 Å². The Morgan fingerprint density at radius 2 is 1.90 bits per heavy atom. The molecule has 1 aliphatic carbocycles. The zero-order chi connectivity index (χ0) is 21.3. The fraction of sp³-hybridized carbons (Fsp3) is 0.400. The van der Waals surface area contributed by atoms with Gasteiger partial charge in [-0.1, -0.05) is 13.0 Å². The molecule has 0 saturated heterocycles. The van der Waals surface area contributed by atoms with Gasteiger partial charge in [0.15, 0.2) is 5.75 Å². The van der Waals surface area contributed by atoms with Crippen LogP contribution in [0.25, 0.3) is 0 Å². The van der Waals surface area contributed by atoms with Gasteiger partial charge < -0.3 is 14.8 Å². The lowest BCUT2D eigenvalue weighted by atomic mass is 9.82. The van der Waals surface area contributed by atoms with Crippen LogP contribution in [-0.4, -0.2) is 46.3 Å². The van der Waals surface area contributed by atoms with E-state index in [1.165, 1.54) is 19.4 Å². The summed E-state index contributed by atoms with van der Waals surface area (Å²) in [4.78, 5) is 24.6. The first-order valence-electron chi connectivity index (χ1n) is 9.28. The van der Waals surface area contributed by atoms with Gasteiger partial charge >= 0.3 is 0 Å². The Labute approximate surface area is 169 Å². The normalized spacial score (nSPS) is 21.9. The highest BCUT2D eigenvalue weighted by atomic mass is 32.2. The van der Waals surface area contributed by atoms with Gasteiger partial charge in [-0.3, -0.25) is 14.9 Å². The highest BCUT2D eigenvalue weighted by Gasteiger charge is 2.50. The van der Waals surface area contributed by atoms with Gasteiger partial charge in [0.2, 0.25) is 11.6 Å². The molecule has 8 nitrogen and oxygen atoms in total. The van der Waals surface area contributed by atoms with E-state index in [-0.39, 0.29) is 22.4 Å². The van der Waals surface area contributed by atoms with E-state index >= 15 is 0 Å². The first-order chi connectivity index (χ1) is 13.7. The van der Waals surface area contributed by atoms with Crippen molar-refractivity contribution in [3.8, 4) is 5.75 Å². The van der Waals surface area contributed by atoms with Crippen molar-refractivity contribution in [2.75, 3.05) is 18.6 Å². The SMILES string of the molecule is CC[C@@H](NC1C(=O)C(=O)C1Nc1cccc(S(C)(=O)=NC)c1O)c1ccc(C)o1. The fourth-order valence-corrected chi connectivity index (χ4v) is 4.30. The average molecular weight is 420 g/mol. The van der Waals surface area contributed by atoms with Crippen molar-refractivity contribution in [3.63, 3.8) is 0 Å². The number of nitrogens with zero attached hydrogens (tertiary/aromatic N) is 1. The number of ketones is 2. The molecule has 1 saturated carbocycles. The minimum atomic E-state index is -2.77. The number of furan rings is 1. The van der Waals surface area contributed by atoms with E-state index in [1.807, 2.05) is 26.0 Å². The van der Waals surface area contributed by atoms with E-state index < -0.39 is 33.4 Å². The molecule has 0 radical (unpaired) electrons. The molecule has 1 heterocycles. The van der Waals surface area contributed by atoms with Gasteiger partial charge in [-0.2, -0.15) is 0 Å². The van der Waals surface area contributed by atoms with E-state index in [0.29, 0.717) is 12.2 Å². The second kappa shape index (κ2) is 8.00. The van der Waals surface area contributed by atoms with Crippen LogP contribution in [0.2, 0.25) is 0 Å². The van der Waals surface area contributed by atoms with Crippen molar-refractivity contribution >= 4 is 27.0 Å². The summed E-state index contributed by atoms with van der Waals surface area (Å²) < 4.78 is 22.0. The maximum absolute atomic E-state index is 12.5. The molecule has 1 aromatic carbocycles. The molecule has 29 heavy (non-hydrogen) atoms. The summed E-state index contributed by atoms with van der Waals surface area (Å²) in [6, 6.07) is 6.53. The molecule has 156 valence electrons. The Morgan fingerprint density at radius 3 is 2.48 bits per heavy atom. The summed E-state index contributed by atoms with van der Waals surface area (Å²) in [6.45, 7) is 3.78. The number of aromatic hydroxyl groups is 1. The standard InChI is InChI=1S/C20H25N3O5S/c1-5-12(14-10-9-11(2)28-14)22-16-17(20(26)19(16)25)23-13-7-6-8-15(18(13)24)29(4,27)21-3/h6-10,12,16-17,22-24H,5H2,1-4H3/t12-,16?,17?,29?/m1/s1. The molecule has 0 aliphatic heterocycles. The quantitative estimate of drug-likeness (QED) is 0.465. The number of rotatable bonds is 7. The molecule has 1 fully saturated rings. The van der Waals surface area contributed by atoms with E-state index in [1.54, 1.807) is 12.1 Å². The molecule has 3 rings (SSSR count). The largest absolute Gasteiger partial charge is 0.505 e. The number of nitrogens with one attached hydrogen (secondary N) is 2. The molecule has 3 N–H and O–H groups in total. The Morgan fingerprint density at radius 1 is 1.21 bits per heavy atom. The predicted octanol–water partition coefficient (Wildman–Crippen LogP) is 2.42. The molecule has 0 spiro atoms. The smallest absolute Gasteiger partial charge is 0.224 e. The van der Waals surface area contributed by atoms with Crippen LogP contribution >= 0.6 is 0 Å². The summed E-state index contributed by atoms with van der Waals surface area (Å²) in [5, 5.41) is 16.6. The maximum Gasteiger partial charge on any atom is 0.224 e. The number of anilines is 1. The highest BCUT2D eigenvalue weighted by molar-refractivity contribution is 7.93. The van der Waals surface area contributed by atoms with Crippen LogP contribution < -0.4 is 10.6 Å². The van der Waals surface area contributed by atoms with Gasteiger partial charge in [-0.05, 0) is 37.6 Å². The summed E-state index contributed by atoms with van der Waals surface area (Å²) >= 11 is 0. The van der Waals surface area contributed by atoms with Gasteiger partial charge in [0.1, 0.15) is 23.6 Å².